The van der Waals surface area contributed by atoms with Crippen LogP contribution in [-0.2, 0) is 6.54 Å². The lowest BCUT2D eigenvalue weighted by atomic mass is 10.0. The van der Waals surface area contributed by atoms with Crippen molar-refractivity contribution >= 4 is 10.8 Å². The molecule has 0 aromatic heterocycles. The maximum atomic E-state index is 10.5. The Morgan fingerprint density at radius 3 is 2.70 bits per heavy atom. The van der Waals surface area contributed by atoms with E-state index in [2.05, 4.69) is 18.2 Å². The monoisotopic (exact) mass is 364 g/mol. The van der Waals surface area contributed by atoms with E-state index < -0.39 is 0 Å². The molecule has 27 heavy (non-hydrogen) atoms. The second-order valence-corrected chi connectivity index (χ2v) is 7.17. The molecule has 0 saturated carbocycles. The molecule has 4 nitrogen and oxygen atoms in total. The molecule has 1 unspecified atom stereocenters. The van der Waals surface area contributed by atoms with E-state index in [1.54, 1.807) is 14.2 Å². The number of likely N-dealkylation sites (tertiary alicyclic amines) is 1. The largest absolute Gasteiger partial charge is 0.507 e. The van der Waals surface area contributed by atoms with Gasteiger partial charge in [0.15, 0.2) is 0 Å². The molecule has 0 amide bonds. The Hall–Kier alpha value is -2.72. The van der Waals surface area contributed by atoms with Gasteiger partial charge < -0.3 is 19.5 Å². The van der Waals surface area contributed by atoms with Crippen molar-refractivity contribution in [2.45, 2.75) is 25.4 Å². The zero-order valence-corrected chi connectivity index (χ0v) is 15.9. The van der Waals surface area contributed by atoms with Gasteiger partial charge in [0.25, 0.3) is 0 Å². The maximum Gasteiger partial charge on any atom is 0.131 e. The third-order valence-corrected chi connectivity index (χ3v) is 5.72. The molecule has 3 aromatic carbocycles. The topological polar surface area (TPSA) is 43.1 Å². The Morgan fingerprint density at radius 2 is 1.89 bits per heavy atom. The molecule has 1 aliphatic heterocycles. The summed E-state index contributed by atoms with van der Waals surface area (Å²) in [6.07, 6.45) is 2.28. The molecule has 0 radical (unpaired) electrons. The fraction of sp³-hybridized carbons (Fsp3) is 0.304. The average molecular weight is 364 g/mol. The lowest BCUT2D eigenvalue weighted by Gasteiger charge is -2.24. The number of phenols is 1. The Labute approximate surface area is 160 Å². The zero-order chi connectivity index (χ0) is 18.8. The van der Waals surface area contributed by atoms with Gasteiger partial charge in [0.2, 0.25) is 0 Å². The van der Waals surface area contributed by atoms with E-state index >= 15 is 0 Å². The number of hydrogen-bond acceptors (Lipinski definition) is 3. The van der Waals surface area contributed by atoms with Crippen molar-refractivity contribution < 1.29 is 19.5 Å². The Kier molecular flexibility index (Phi) is 4.90. The van der Waals surface area contributed by atoms with E-state index in [9.17, 15) is 5.11 Å². The third kappa shape index (κ3) is 3.33. The van der Waals surface area contributed by atoms with Gasteiger partial charge in [-0.15, -0.1) is 0 Å². The minimum atomic E-state index is 0.351. The van der Waals surface area contributed by atoms with E-state index in [0.717, 1.165) is 42.0 Å². The van der Waals surface area contributed by atoms with Gasteiger partial charge in [0, 0.05) is 18.9 Å². The summed E-state index contributed by atoms with van der Waals surface area (Å²) in [7, 11) is 3.38. The normalized spacial score (nSPS) is 19.3. The van der Waals surface area contributed by atoms with Gasteiger partial charge in [0.1, 0.15) is 29.8 Å². The minimum absolute atomic E-state index is 0.351. The molecule has 4 rings (SSSR count). The first-order chi connectivity index (χ1) is 13.2. The molecule has 1 aliphatic rings. The van der Waals surface area contributed by atoms with Crippen molar-refractivity contribution in [3.8, 4) is 17.2 Å². The van der Waals surface area contributed by atoms with Crippen LogP contribution in [0.2, 0.25) is 0 Å². The predicted octanol–water partition coefficient (Wildman–Crippen LogP) is 3.48. The van der Waals surface area contributed by atoms with Crippen molar-refractivity contribution in [2.75, 3.05) is 20.8 Å². The summed E-state index contributed by atoms with van der Waals surface area (Å²) in [6, 6.07) is 18.5. The van der Waals surface area contributed by atoms with Gasteiger partial charge in [-0.25, -0.2) is 0 Å². The number of nitrogens with one attached hydrogen (secondary N) is 1. The second kappa shape index (κ2) is 7.49. The number of phenolic OH excluding ortho intramolecular Hbond substituents is 1. The van der Waals surface area contributed by atoms with Gasteiger partial charge >= 0.3 is 0 Å². The van der Waals surface area contributed by atoms with Gasteiger partial charge in [-0.05, 0) is 29.0 Å². The van der Waals surface area contributed by atoms with E-state index in [1.165, 1.54) is 22.3 Å². The molecule has 140 valence electrons. The van der Waals surface area contributed by atoms with Crippen LogP contribution in [0.4, 0.5) is 0 Å². The Morgan fingerprint density at radius 1 is 1.04 bits per heavy atom. The number of aromatic hydroxyl groups is 1. The van der Waals surface area contributed by atoms with E-state index in [-0.39, 0.29) is 0 Å². The fourth-order valence-electron chi connectivity index (χ4n) is 4.34. The first kappa shape index (κ1) is 17.7. The highest BCUT2D eigenvalue weighted by atomic mass is 16.5. The van der Waals surface area contributed by atoms with Crippen molar-refractivity contribution in [3.63, 3.8) is 0 Å². The summed E-state index contributed by atoms with van der Waals surface area (Å²) in [5.74, 6) is 2.07. The summed E-state index contributed by atoms with van der Waals surface area (Å²) in [5.41, 5.74) is 2.24. The molecule has 0 aliphatic carbocycles. The molecular weight excluding hydrogens is 338 g/mol. The van der Waals surface area contributed by atoms with Crippen LogP contribution in [0.5, 0.6) is 17.2 Å². The van der Waals surface area contributed by atoms with Crippen LogP contribution in [0.1, 0.15) is 30.0 Å². The standard InChI is InChI=1S/C23H25NO3/c1-26-17-10-11-19(23(14-17)27-2)21-8-5-13-24(21)15-20-18-7-4-3-6-16(18)9-12-22(20)25/h3-4,6-7,9-12,14,21,25H,5,8,13,15H2,1-2H3/p+1/t21-/m1/s1. The lowest BCUT2D eigenvalue weighted by Crippen LogP contribution is -3.08. The van der Waals surface area contributed by atoms with Crippen LogP contribution in [-0.4, -0.2) is 25.9 Å². The highest BCUT2D eigenvalue weighted by molar-refractivity contribution is 5.87. The molecule has 3 aromatic rings. The SMILES string of the molecule is COc1ccc([C@H]2CCC[NH+]2Cc2c(O)ccc3ccccc23)c(OC)c1. The van der Waals surface area contributed by atoms with E-state index in [0.29, 0.717) is 11.8 Å². The van der Waals surface area contributed by atoms with Crippen LogP contribution in [0.15, 0.2) is 54.6 Å². The molecule has 1 fully saturated rings. The molecule has 2 atom stereocenters. The first-order valence-corrected chi connectivity index (χ1v) is 9.47. The molecule has 1 saturated heterocycles. The smallest absolute Gasteiger partial charge is 0.131 e. The molecular formula is C23H26NO3+. The highest BCUT2D eigenvalue weighted by Gasteiger charge is 2.33. The van der Waals surface area contributed by atoms with Gasteiger partial charge in [0.05, 0.1) is 31.9 Å². The minimum Gasteiger partial charge on any atom is -0.507 e. The summed E-state index contributed by atoms with van der Waals surface area (Å²) in [5, 5.41) is 12.8. The summed E-state index contributed by atoms with van der Waals surface area (Å²) in [4.78, 5) is 1.46. The van der Waals surface area contributed by atoms with Crippen LogP contribution in [0, 0.1) is 0 Å². The third-order valence-electron chi connectivity index (χ3n) is 5.72. The summed E-state index contributed by atoms with van der Waals surface area (Å²) in [6.45, 7) is 1.88. The lowest BCUT2D eigenvalue weighted by molar-refractivity contribution is -0.931. The highest BCUT2D eigenvalue weighted by Crippen LogP contribution is 2.33. The first-order valence-electron chi connectivity index (χ1n) is 9.47. The number of ether oxygens (including phenoxy) is 2. The van der Waals surface area contributed by atoms with E-state index in [4.69, 9.17) is 9.47 Å². The Balaban J connectivity index is 1.68. The molecule has 0 spiro atoms. The van der Waals surface area contributed by atoms with Crippen molar-refractivity contribution in [1.29, 1.82) is 0 Å². The quantitative estimate of drug-likeness (QED) is 0.728. The molecule has 4 heteroatoms. The summed E-state index contributed by atoms with van der Waals surface area (Å²) < 4.78 is 11.0. The number of benzene rings is 3. The molecule has 1 heterocycles. The van der Waals surface area contributed by atoms with Crippen LogP contribution >= 0.6 is 0 Å². The number of fused-ring (bicyclic) bond motifs is 1. The van der Waals surface area contributed by atoms with Crippen molar-refractivity contribution in [3.05, 3.63) is 65.7 Å². The molecule has 0 bridgehead atoms. The zero-order valence-electron chi connectivity index (χ0n) is 15.9. The van der Waals surface area contributed by atoms with Crippen LogP contribution in [0.3, 0.4) is 0 Å². The van der Waals surface area contributed by atoms with E-state index in [1.807, 2.05) is 36.4 Å². The number of hydrogen-bond donors (Lipinski definition) is 2. The maximum absolute atomic E-state index is 10.5. The number of quaternary nitrogens is 1. The Bertz CT molecular complexity index is 954. The van der Waals surface area contributed by atoms with Crippen LogP contribution < -0.4 is 14.4 Å². The second-order valence-electron chi connectivity index (χ2n) is 7.17. The van der Waals surface area contributed by atoms with Gasteiger partial charge in [-0.3, -0.25) is 0 Å². The average Bonchev–Trinajstić information content (AvgIpc) is 3.17. The van der Waals surface area contributed by atoms with Crippen LogP contribution in [0.25, 0.3) is 10.8 Å². The van der Waals surface area contributed by atoms with Gasteiger partial charge in [-0.1, -0.05) is 30.3 Å². The van der Waals surface area contributed by atoms with Gasteiger partial charge in [-0.2, -0.15) is 0 Å². The van der Waals surface area contributed by atoms with Crippen molar-refractivity contribution in [1.82, 2.24) is 0 Å². The summed E-state index contributed by atoms with van der Waals surface area (Å²) >= 11 is 0. The fourth-order valence-corrected chi connectivity index (χ4v) is 4.34. The number of methoxy groups -OCH3 is 2. The number of rotatable bonds is 5. The van der Waals surface area contributed by atoms with Crippen molar-refractivity contribution in [2.24, 2.45) is 0 Å². The molecule has 2 N–H and O–H groups in total. The predicted molar refractivity (Wildman–Crippen MR) is 107 cm³/mol.